The van der Waals surface area contributed by atoms with E-state index in [2.05, 4.69) is 0 Å². The second-order valence-electron chi connectivity index (χ2n) is 5.69. The number of carbonyl (C=O) groups is 2. The van der Waals surface area contributed by atoms with Crippen LogP contribution in [0, 0.1) is 0 Å². The van der Waals surface area contributed by atoms with E-state index in [4.69, 9.17) is 18.6 Å². The molecule has 0 amide bonds. The van der Waals surface area contributed by atoms with Crippen LogP contribution in [0.1, 0.15) is 13.8 Å². The molecule has 2 aromatic carbocycles. The van der Waals surface area contributed by atoms with Crippen molar-refractivity contribution in [3.05, 3.63) is 52.7 Å². The number of benzene rings is 2. The highest BCUT2D eigenvalue weighted by atomic mass is 16.5. The first-order valence-electron chi connectivity index (χ1n) is 8.00. The van der Waals surface area contributed by atoms with Crippen LogP contribution in [0.3, 0.4) is 0 Å². The summed E-state index contributed by atoms with van der Waals surface area (Å²) in [6.07, 6.45) is 0. The largest absolute Gasteiger partial charge is 0.496 e. The van der Waals surface area contributed by atoms with Crippen LogP contribution in [0.25, 0.3) is 22.3 Å². The van der Waals surface area contributed by atoms with Gasteiger partial charge in [0, 0.05) is 37.6 Å². The molecule has 0 unspecified atom stereocenters. The summed E-state index contributed by atoms with van der Waals surface area (Å²) in [5, 5.41) is 0.244. The lowest BCUT2D eigenvalue weighted by molar-refractivity contribution is -0.132. The van der Waals surface area contributed by atoms with Crippen LogP contribution < -0.4 is 19.6 Å². The Labute approximate surface area is 154 Å². The molecule has 3 aromatic rings. The Morgan fingerprint density at radius 1 is 0.889 bits per heavy atom. The second kappa shape index (κ2) is 7.33. The fourth-order valence-electron chi connectivity index (χ4n) is 2.61. The Kier molecular flexibility index (Phi) is 4.94. The zero-order valence-electron chi connectivity index (χ0n) is 14.9. The van der Waals surface area contributed by atoms with Gasteiger partial charge in [-0.1, -0.05) is 0 Å². The highest BCUT2D eigenvalue weighted by molar-refractivity contribution is 5.87. The molecule has 0 aliphatic rings. The molecule has 0 saturated carbocycles. The van der Waals surface area contributed by atoms with Gasteiger partial charge in [-0.05, 0) is 24.3 Å². The maximum absolute atomic E-state index is 12.6. The number of hydrogen-bond donors (Lipinski definition) is 0. The number of carbonyl (C=O) groups excluding carboxylic acids is 2. The fourth-order valence-corrected chi connectivity index (χ4v) is 2.61. The van der Waals surface area contributed by atoms with E-state index in [0.29, 0.717) is 17.1 Å². The van der Waals surface area contributed by atoms with E-state index >= 15 is 0 Å². The van der Waals surface area contributed by atoms with E-state index in [1.54, 1.807) is 24.3 Å². The van der Waals surface area contributed by atoms with Gasteiger partial charge in [0.05, 0.1) is 7.11 Å². The van der Waals surface area contributed by atoms with Crippen molar-refractivity contribution in [2.45, 2.75) is 13.8 Å². The molecule has 3 rings (SSSR count). The average molecular weight is 368 g/mol. The Bertz CT molecular complexity index is 1080. The number of hydrogen-bond acceptors (Lipinski definition) is 7. The molecule has 7 nitrogen and oxygen atoms in total. The van der Waals surface area contributed by atoms with Crippen molar-refractivity contribution in [1.82, 2.24) is 0 Å². The Morgan fingerprint density at radius 3 is 2.11 bits per heavy atom. The van der Waals surface area contributed by atoms with Gasteiger partial charge in [-0.3, -0.25) is 14.4 Å². The SMILES string of the molecule is COc1cc(OC(C)=O)cc2oc(-c3ccc(OC(C)=O)cc3)cc(=O)c12. The fraction of sp³-hybridized carbons (Fsp3) is 0.150. The Morgan fingerprint density at radius 2 is 1.52 bits per heavy atom. The summed E-state index contributed by atoms with van der Waals surface area (Å²) in [6.45, 7) is 2.58. The molecular weight excluding hydrogens is 352 g/mol. The minimum absolute atomic E-state index is 0.206. The first kappa shape index (κ1) is 18.2. The molecule has 1 heterocycles. The van der Waals surface area contributed by atoms with Crippen LogP contribution >= 0.6 is 0 Å². The summed E-state index contributed by atoms with van der Waals surface area (Å²) in [5.74, 6) is 0.213. The van der Waals surface area contributed by atoms with Gasteiger partial charge >= 0.3 is 11.9 Å². The van der Waals surface area contributed by atoms with Gasteiger partial charge in [0.25, 0.3) is 0 Å². The number of esters is 2. The van der Waals surface area contributed by atoms with E-state index in [0.717, 1.165) is 0 Å². The molecule has 0 radical (unpaired) electrons. The topological polar surface area (TPSA) is 92.0 Å². The molecule has 1 aromatic heterocycles. The van der Waals surface area contributed by atoms with Gasteiger partial charge in [0.2, 0.25) is 0 Å². The van der Waals surface area contributed by atoms with Crippen molar-refractivity contribution in [1.29, 1.82) is 0 Å². The molecule has 7 heteroatoms. The maximum Gasteiger partial charge on any atom is 0.308 e. The lowest BCUT2D eigenvalue weighted by Gasteiger charge is -2.09. The average Bonchev–Trinajstić information content (AvgIpc) is 2.60. The summed E-state index contributed by atoms with van der Waals surface area (Å²) in [5.41, 5.74) is 0.528. The van der Waals surface area contributed by atoms with Crippen LogP contribution in [-0.2, 0) is 9.59 Å². The van der Waals surface area contributed by atoms with Crippen molar-refractivity contribution in [2.24, 2.45) is 0 Å². The number of rotatable bonds is 4. The predicted octanol–water partition coefficient (Wildman–Crippen LogP) is 3.32. The quantitative estimate of drug-likeness (QED) is 0.515. The molecule has 0 bridgehead atoms. The molecule has 138 valence electrons. The smallest absolute Gasteiger partial charge is 0.308 e. The number of methoxy groups -OCH3 is 1. The molecule has 27 heavy (non-hydrogen) atoms. The minimum Gasteiger partial charge on any atom is -0.496 e. The van der Waals surface area contributed by atoms with E-state index in [9.17, 15) is 14.4 Å². The van der Waals surface area contributed by atoms with Gasteiger partial charge in [-0.2, -0.15) is 0 Å². The molecule has 0 N–H and O–H groups in total. The van der Waals surface area contributed by atoms with Gasteiger partial charge in [-0.25, -0.2) is 0 Å². The second-order valence-corrected chi connectivity index (χ2v) is 5.69. The summed E-state index contributed by atoms with van der Waals surface area (Å²) in [6, 6.07) is 10.8. The minimum atomic E-state index is -0.504. The Hall–Kier alpha value is -3.61. The third-order valence-corrected chi connectivity index (χ3v) is 3.65. The van der Waals surface area contributed by atoms with Crippen LogP contribution in [0.15, 0.2) is 51.7 Å². The van der Waals surface area contributed by atoms with Crippen LogP contribution in [0.4, 0.5) is 0 Å². The predicted molar refractivity (Wildman–Crippen MR) is 97.1 cm³/mol. The van der Waals surface area contributed by atoms with E-state index in [1.807, 2.05) is 0 Å². The van der Waals surface area contributed by atoms with Crippen molar-refractivity contribution in [2.75, 3.05) is 7.11 Å². The van der Waals surface area contributed by atoms with Crippen LogP contribution in [0.5, 0.6) is 17.2 Å². The first-order valence-corrected chi connectivity index (χ1v) is 8.00. The normalized spacial score (nSPS) is 10.5. The van der Waals surface area contributed by atoms with E-state index < -0.39 is 11.9 Å². The summed E-state index contributed by atoms with van der Waals surface area (Å²) in [7, 11) is 1.41. The lowest BCUT2D eigenvalue weighted by atomic mass is 10.1. The Balaban J connectivity index is 2.10. The maximum atomic E-state index is 12.6. The first-order chi connectivity index (χ1) is 12.9. The standard InChI is InChI=1S/C20H16O7/c1-11(21)25-14-6-4-13(5-7-14)17-10-16(23)20-18(24-3)8-15(26-12(2)22)9-19(20)27-17/h4-10H,1-3H3. The molecule has 0 aliphatic heterocycles. The molecule has 0 fully saturated rings. The molecule has 0 atom stereocenters. The monoisotopic (exact) mass is 368 g/mol. The molecule has 0 saturated heterocycles. The van der Waals surface area contributed by atoms with Crippen LogP contribution in [0.2, 0.25) is 0 Å². The lowest BCUT2D eigenvalue weighted by Crippen LogP contribution is -2.05. The van der Waals surface area contributed by atoms with Gasteiger partial charge in [-0.15, -0.1) is 0 Å². The van der Waals surface area contributed by atoms with E-state index in [-0.39, 0.29) is 27.9 Å². The van der Waals surface area contributed by atoms with Gasteiger partial charge < -0.3 is 18.6 Å². The summed E-state index contributed by atoms with van der Waals surface area (Å²) in [4.78, 5) is 34.8. The van der Waals surface area contributed by atoms with Crippen molar-refractivity contribution in [3.8, 4) is 28.6 Å². The zero-order chi connectivity index (χ0) is 19.6. The molecule has 0 aliphatic carbocycles. The van der Waals surface area contributed by atoms with Crippen molar-refractivity contribution in [3.63, 3.8) is 0 Å². The number of fused-ring (bicyclic) bond motifs is 1. The highest BCUT2D eigenvalue weighted by Gasteiger charge is 2.15. The highest BCUT2D eigenvalue weighted by Crippen LogP contribution is 2.32. The number of ether oxygens (including phenoxy) is 3. The van der Waals surface area contributed by atoms with Crippen molar-refractivity contribution < 1.29 is 28.2 Å². The third kappa shape index (κ3) is 3.98. The molecule has 0 spiro atoms. The van der Waals surface area contributed by atoms with Gasteiger partial charge in [0.15, 0.2) is 5.43 Å². The molecular formula is C20H16O7. The van der Waals surface area contributed by atoms with Gasteiger partial charge in [0.1, 0.15) is 34.0 Å². The zero-order valence-corrected chi connectivity index (χ0v) is 14.9. The summed E-state index contributed by atoms with van der Waals surface area (Å²) >= 11 is 0. The van der Waals surface area contributed by atoms with E-state index in [1.165, 1.54) is 39.2 Å². The third-order valence-electron chi connectivity index (χ3n) is 3.65. The van der Waals surface area contributed by atoms with Crippen molar-refractivity contribution >= 4 is 22.9 Å². The summed E-state index contributed by atoms with van der Waals surface area (Å²) < 4.78 is 21.1. The van der Waals surface area contributed by atoms with Crippen LogP contribution in [-0.4, -0.2) is 19.0 Å².